The van der Waals surface area contributed by atoms with Crippen LogP contribution < -0.4 is 5.32 Å². The smallest absolute Gasteiger partial charge is 0.292 e. The highest BCUT2D eigenvalue weighted by Crippen LogP contribution is 2.24. The lowest BCUT2D eigenvalue weighted by molar-refractivity contribution is -0.384. The van der Waals surface area contributed by atoms with Crippen molar-refractivity contribution in [2.75, 3.05) is 25.1 Å². The van der Waals surface area contributed by atoms with E-state index in [9.17, 15) is 10.1 Å². The molecule has 0 heterocycles. The number of nitrogens with zero attached hydrogens (tertiary/aromatic N) is 1. The van der Waals surface area contributed by atoms with E-state index in [0.717, 1.165) is 25.0 Å². The number of aryl methyl sites for hydroxylation is 1. The molecule has 1 N–H and O–H groups in total. The Bertz CT molecular complexity index is 394. The van der Waals surface area contributed by atoms with Gasteiger partial charge in [0.2, 0.25) is 0 Å². The Kier molecular flexibility index (Phi) is 6.14. The van der Waals surface area contributed by atoms with Gasteiger partial charge in [-0.1, -0.05) is 13.0 Å². The summed E-state index contributed by atoms with van der Waals surface area (Å²) in [5, 5.41) is 13.9. The number of hydrogen-bond donors (Lipinski definition) is 1. The Morgan fingerprint density at radius 2 is 2.17 bits per heavy atom. The first-order valence-corrected chi connectivity index (χ1v) is 6.21. The van der Waals surface area contributed by atoms with Crippen molar-refractivity contribution >= 4 is 11.4 Å². The Morgan fingerprint density at radius 3 is 2.83 bits per heavy atom. The molecule has 0 bridgehead atoms. The maximum absolute atomic E-state index is 10.8. The zero-order chi connectivity index (χ0) is 13.4. The highest BCUT2D eigenvalue weighted by atomic mass is 16.6. The molecular formula is C13H20N2O3. The van der Waals surface area contributed by atoms with Crippen molar-refractivity contribution in [3.63, 3.8) is 0 Å². The second-order valence-electron chi connectivity index (χ2n) is 4.17. The Morgan fingerprint density at radius 1 is 1.39 bits per heavy atom. The summed E-state index contributed by atoms with van der Waals surface area (Å²) in [4.78, 5) is 10.5. The van der Waals surface area contributed by atoms with Gasteiger partial charge in [-0.2, -0.15) is 0 Å². The summed E-state index contributed by atoms with van der Waals surface area (Å²) >= 11 is 0. The van der Waals surface area contributed by atoms with Crippen LogP contribution in [0, 0.1) is 17.0 Å². The standard InChI is InChI=1S/C13H20N2O3/c1-3-8-18-9-4-7-14-12-10-11(2)5-6-13(12)15(16)17/h5-6,10,14H,3-4,7-9H2,1-2H3. The average Bonchev–Trinajstić information content (AvgIpc) is 2.33. The number of anilines is 1. The molecule has 1 aromatic carbocycles. The van der Waals surface area contributed by atoms with E-state index in [4.69, 9.17) is 4.74 Å². The van der Waals surface area contributed by atoms with E-state index in [0.29, 0.717) is 18.8 Å². The van der Waals surface area contributed by atoms with Crippen molar-refractivity contribution in [2.24, 2.45) is 0 Å². The second-order valence-corrected chi connectivity index (χ2v) is 4.17. The second kappa shape index (κ2) is 7.66. The van der Waals surface area contributed by atoms with E-state index < -0.39 is 0 Å². The minimum Gasteiger partial charge on any atom is -0.381 e. The van der Waals surface area contributed by atoms with Crippen molar-refractivity contribution in [3.05, 3.63) is 33.9 Å². The van der Waals surface area contributed by atoms with Gasteiger partial charge < -0.3 is 10.1 Å². The summed E-state index contributed by atoms with van der Waals surface area (Å²) < 4.78 is 5.35. The number of rotatable bonds is 8. The molecule has 5 heteroatoms. The van der Waals surface area contributed by atoms with E-state index in [1.165, 1.54) is 6.07 Å². The molecule has 1 aromatic rings. The predicted molar refractivity (Wildman–Crippen MR) is 72.1 cm³/mol. The van der Waals surface area contributed by atoms with E-state index in [1.54, 1.807) is 12.1 Å². The normalized spacial score (nSPS) is 10.3. The first-order valence-electron chi connectivity index (χ1n) is 6.21. The number of nitro benzene ring substituents is 1. The average molecular weight is 252 g/mol. The molecule has 18 heavy (non-hydrogen) atoms. The van der Waals surface area contributed by atoms with Gasteiger partial charge in [-0.15, -0.1) is 0 Å². The molecule has 0 radical (unpaired) electrons. The maximum atomic E-state index is 10.8. The van der Waals surface area contributed by atoms with Crippen LogP contribution in [0.3, 0.4) is 0 Å². The monoisotopic (exact) mass is 252 g/mol. The van der Waals surface area contributed by atoms with Crippen LogP contribution in [-0.2, 0) is 4.74 Å². The van der Waals surface area contributed by atoms with Gasteiger partial charge in [-0.05, 0) is 31.4 Å². The Hall–Kier alpha value is -1.62. The van der Waals surface area contributed by atoms with E-state index >= 15 is 0 Å². The molecule has 0 unspecified atom stereocenters. The molecule has 5 nitrogen and oxygen atoms in total. The molecule has 0 aliphatic rings. The topological polar surface area (TPSA) is 64.4 Å². The summed E-state index contributed by atoms with van der Waals surface area (Å²) in [5.74, 6) is 0. The molecule has 0 spiro atoms. The van der Waals surface area contributed by atoms with Crippen LogP contribution in [0.5, 0.6) is 0 Å². The van der Waals surface area contributed by atoms with Crippen LogP contribution in [0.15, 0.2) is 18.2 Å². The van der Waals surface area contributed by atoms with Gasteiger partial charge in [0.05, 0.1) is 4.92 Å². The third-order valence-electron chi connectivity index (χ3n) is 2.48. The summed E-state index contributed by atoms with van der Waals surface area (Å²) in [6, 6.07) is 5.07. The molecule has 0 aliphatic heterocycles. The van der Waals surface area contributed by atoms with Gasteiger partial charge in [-0.3, -0.25) is 10.1 Å². The van der Waals surface area contributed by atoms with E-state index in [-0.39, 0.29) is 10.6 Å². The highest BCUT2D eigenvalue weighted by Gasteiger charge is 2.12. The van der Waals surface area contributed by atoms with Crippen LogP contribution in [0.25, 0.3) is 0 Å². The van der Waals surface area contributed by atoms with Crippen LogP contribution >= 0.6 is 0 Å². The quantitative estimate of drug-likeness (QED) is 0.438. The molecule has 0 saturated carbocycles. The van der Waals surface area contributed by atoms with E-state index in [2.05, 4.69) is 12.2 Å². The summed E-state index contributed by atoms with van der Waals surface area (Å²) in [7, 11) is 0. The fraction of sp³-hybridized carbons (Fsp3) is 0.538. The SMILES string of the molecule is CCCOCCCNc1cc(C)ccc1[N+](=O)[O-]. The van der Waals surface area contributed by atoms with Crippen molar-refractivity contribution in [3.8, 4) is 0 Å². The van der Waals surface area contributed by atoms with Crippen molar-refractivity contribution in [1.29, 1.82) is 0 Å². The predicted octanol–water partition coefficient (Wildman–Crippen LogP) is 3.13. The van der Waals surface area contributed by atoms with Gasteiger partial charge >= 0.3 is 0 Å². The molecular weight excluding hydrogens is 232 g/mol. The van der Waals surface area contributed by atoms with Gasteiger partial charge in [0.1, 0.15) is 5.69 Å². The molecule has 0 fully saturated rings. The largest absolute Gasteiger partial charge is 0.381 e. The highest BCUT2D eigenvalue weighted by molar-refractivity contribution is 5.62. The minimum absolute atomic E-state index is 0.120. The van der Waals surface area contributed by atoms with Crippen LogP contribution in [0.2, 0.25) is 0 Å². The summed E-state index contributed by atoms with van der Waals surface area (Å²) in [6.45, 7) is 6.10. The fourth-order valence-corrected chi connectivity index (χ4v) is 1.59. The summed E-state index contributed by atoms with van der Waals surface area (Å²) in [6.07, 6.45) is 1.85. The third-order valence-corrected chi connectivity index (χ3v) is 2.48. The van der Waals surface area contributed by atoms with Crippen LogP contribution in [0.4, 0.5) is 11.4 Å². The van der Waals surface area contributed by atoms with Gasteiger partial charge in [0, 0.05) is 25.8 Å². The number of ether oxygens (including phenoxy) is 1. The Labute approximate surface area is 107 Å². The van der Waals surface area contributed by atoms with Crippen LogP contribution in [0.1, 0.15) is 25.3 Å². The fourth-order valence-electron chi connectivity index (χ4n) is 1.59. The lowest BCUT2D eigenvalue weighted by Gasteiger charge is -2.08. The van der Waals surface area contributed by atoms with Gasteiger partial charge in [0.25, 0.3) is 5.69 Å². The van der Waals surface area contributed by atoms with Gasteiger partial charge in [0.15, 0.2) is 0 Å². The molecule has 0 aromatic heterocycles. The van der Waals surface area contributed by atoms with Crippen molar-refractivity contribution in [1.82, 2.24) is 0 Å². The molecule has 100 valence electrons. The molecule has 0 atom stereocenters. The van der Waals surface area contributed by atoms with Crippen molar-refractivity contribution in [2.45, 2.75) is 26.7 Å². The number of nitro groups is 1. The molecule has 0 amide bonds. The maximum Gasteiger partial charge on any atom is 0.292 e. The first-order chi connectivity index (χ1) is 8.65. The summed E-state index contributed by atoms with van der Waals surface area (Å²) in [5.41, 5.74) is 1.70. The van der Waals surface area contributed by atoms with Crippen LogP contribution in [-0.4, -0.2) is 24.7 Å². The number of hydrogen-bond acceptors (Lipinski definition) is 4. The van der Waals surface area contributed by atoms with Crippen molar-refractivity contribution < 1.29 is 9.66 Å². The lowest BCUT2D eigenvalue weighted by Crippen LogP contribution is -2.07. The molecule has 0 saturated heterocycles. The Balaban J connectivity index is 2.45. The first kappa shape index (κ1) is 14.4. The minimum atomic E-state index is -0.366. The molecule has 1 rings (SSSR count). The molecule has 0 aliphatic carbocycles. The third kappa shape index (κ3) is 4.71. The number of nitrogens with one attached hydrogen (secondary N) is 1. The zero-order valence-electron chi connectivity index (χ0n) is 10.9. The number of benzene rings is 1. The lowest BCUT2D eigenvalue weighted by atomic mass is 10.2. The van der Waals surface area contributed by atoms with Gasteiger partial charge in [-0.25, -0.2) is 0 Å². The zero-order valence-corrected chi connectivity index (χ0v) is 10.9. The van der Waals surface area contributed by atoms with E-state index in [1.807, 2.05) is 6.92 Å².